The molecule has 0 saturated carbocycles. The van der Waals surface area contributed by atoms with Crippen LogP contribution in [0.5, 0.6) is 0 Å². The molecule has 0 atom stereocenters. The van der Waals surface area contributed by atoms with E-state index in [1.807, 2.05) is 42.5 Å². The second kappa shape index (κ2) is 7.07. The molecule has 0 saturated heterocycles. The summed E-state index contributed by atoms with van der Waals surface area (Å²) >= 11 is 0. The van der Waals surface area contributed by atoms with Gasteiger partial charge in [0.2, 0.25) is 0 Å². The van der Waals surface area contributed by atoms with Gasteiger partial charge in [0, 0.05) is 22.9 Å². The van der Waals surface area contributed by atoms with E-state index in [1.165, 1.54) is 12.1 Å². The van der Waals surface area contributed by atoms with Crippen molar-refractivity contribution in [2.45, 2.75) is 0 Å². The normalized spacial score (nSPS) is 9.67. The summed E-state index contributed by atoms with van der Waals surface area (Å²) < 4.78 is 0. The van der Waals surface area contributed by atoms with Crippen molar-refractivity contribution in [1.82, 2.24) is 10.2 Å². The number of nitrogens with zero attached hydrogens (tertiary/aromatic N) is 1. The molecule has 3 rings (SSSR count). The first kappa shape index (κ1) is 15.3. The van der Waals surface area contributed by atoms with Crippen LogP contribution in [0.25, 0.3) is 0 Å². The van der Waals surface area contributed by atoms with E-state index >= 15 is 0 Å². The molecule has 1 aromatic heterocycles. The molecule has 3 aromatic rings. The smallest absolute Gasteiger partial charge is 0.276 e. The van der Waals surface area contributed by atoms with Crippen molar-refractivity contribution in [2.75, 3.05) is 5.32 Å². The van der Waals surface area contributed by atoms with Gasteiger partial charge in [0.05, 0.1) is 0 Å². The highest BCUT2D eigenvalue weighted by Crippen LogP contribution is 2.11. The molecular weight excluding hydrogens is 302 g/mol. The Kier molecular flexibility index (Phi) is 4.50. The average molecular weight is 315 g/mol. The van der Waals surface area contributed by atoms with Gasteiger partial charge in [-0.05, 0) is 36.4 Å². The lowest BCUT2D eigenvalue weighted by Gasteiger charge is -2.04. The van der Waals surface area contributed by atoms with E-state index in [-0.39, 0.29) is 11.3 Å². The fraction of sp³-hybridized carbons (Fsp3) is 0. The predicted octanol–water partition coefficient (Wildman–Crippen LogP) is 2.42. The lowest BCUT2D eigenvalue weighted by molar-refractivity contribution is 0.102. The molecule has 1 amide bonds. The third-order valence-electron chi connectivity index (χ3n) is 3.16. The Balaban J connectivity index is 1.76. The highest BCUT2D eigenvalue weighted by molar-refractivity contribution is 6.02. The van der Waals surface area contributed by atoms with Gasteiger partial charge in [-0.15, -0.1) is 0 Å². The minimum Gasteiger partial charge on any atom is -0.321 e. The fourth-order valence-corrected chi connectivity index (χ4v) is 2.01. The van der Waals surface area contributed by atoms with Crippen molar-refractivity contribution in [3.8, 4) is 11.8 Å². The van der Waals surface area contributed by atoms with Crippen molar-refractivity contribution < 1.29 is 4.79 Å². The molecule has 5 nitrogen and oxygen atoms in total. The zero-order chi connectivity index (χ0) is 16.8. The standard InChI is InChI=1S/C19H13N3O2/c23-18-12-11-17(21-22-18)19(24)20-16-8-4-7-15(13-16)10-9-14-5-2-1-3-6-14/h1-8,11-13H,(H,20,24)(H,22,23). The van der Waals surface area contributed by atoms with Crippen LogP contribution in [-0.4, -0.2) is 16.1 Å². The Hall–Kier alpha value is -3.65. The number of carbonyl (C=O) groups is 1. The Morgan fingerprint density at radius 3 is 2.42 bits per heavy atom. The van der Waals surface area contributed by atoms with Crippen molar-refractivity contribution in [3.63, 3.8) is 0 Å². The maximum atomic E-state index is 12.1. The molecular formula is C19H13N3O2. The molecule has 2 aromatic carbocycles. The number of anilines is 1. The van der Waals surface area contributed by atoms with Crippen LogP contribution in [0.3, 0.4) is 0 Å². The fourth-order valence-electron chi connectivity index (χ4n) is 2.01. The highest BCUT2D eigenvalue weighted by atomic mass is 16.2. The second-order valence-electron chi connectivity index (χ2n) is 4.96. The Bertz CT molecular complexity index is 962. The number of nitrogens with one attached hydrogen (secondary N) is 2. The molecule has 0 fully saturated rings. The maximum Gasteiger partial charge on any atom is 0.276 e. The number of hydrogen-bond acceptors (Lipinski definition) is 3. The highest BCUT2D eigenvalue weighted by Gasteiger charge is 2.07. The van der Waals surface area contributed by atoms with Gasteiger partial charge in [-0.25, -0.2) is 5.10 Å². The van der Waals surface area contributed by atoms with Crippen molar-refractivity contribution in [1.29, 1.82) is 0 Å². The summed E-state index contributed by atoms with van der Waals surface area (Å²) in [5, 5.41) is 8.65. The number of hydrogen-bond donors (Lipinski definition) is 2. The zero-order valence-electron chi connectivity index (χ0n) is 12.6. The SMILES string of the molecule is O=C(Nc1cccc(C#Cc2ccccc2)c1)c1ccc(=O)[nH]n1. The topological polar surface area (TPSA) is 74.8 Å². The molecule has 0 radical (unpaired) electrons. The van der Waals surface area contributed by atoms with Crippen LogP contribution in [0.15, 0.2) is 71.5 Å². The molecule has 0 aliphatic rings. The molecule has 116 valence electrons. The summed E-state index contributed by atoms with van der Waals surface area (Å²) in [5.41, 5.74) is 2.09. The van der Waals surface area contributed by atoms with Gasteiger partial charge in [0.15, 0.2) is 0 Å². The van der Waals surface area contributed by atoms with E-state index in [9.17, 15) is 9.59 Å². The summed E-state index contributed by atoms with van der Waals surface area (Å²) in [6.07, 6.45) is 0. The van der Waals surface area contributed by atoms with E-state index in [1.54, 1.807) is 12.1 Å². The second-order valence-corrected chi connectivity index (χ2v) is 4.96. The Labute approximate surface area is 138 Å². The van der Waals surface area contributed by atoms with Crippen LogP contribution in [0.4, 0.5) is 5.69 Å². The molecule has 0 unspecified atom stereocenters. The first-order valence-electron chi connectivity index (χ1n) is 7.25. The summed E-state index contributed by atoms with van der Waals surface area (Å²) in [6, 6.07) is 19.5. The summed E-state index contributed by atoms with van der Waals surface area (Å²) in [7, 11) is 0. The van der Waals surface area contributed by atoms with Crippen molar-refractivity contribution in [2.24, 2.45) is 0 Å². The number of carbonyl (C=O) groups excluding carboxylic acids is 1. The van der Waals surface area contributed by atoms with Gasteiger partial charge >= 0.3 is 0 Å². The Morgan fingerprint density at radius 2 is 1.67 bits per heavy atom. The molecule has 0 aliphatic carbocycles. The number of H-pyrrole nitrogens is 1. The van der Waals surface area contributed by atoms with E-state index in [0.717, 1.165) is 11.1 Å². The zero-order valence-corrected chi connectivity index (χ0v) is 12.6. The quantitative estimate of drug-likeness (QED) is 0.713. The largest absolute Gasteiger partial charge is 0.321 e. The first-order chi connectivity index (χ1) is 11.7. The lowest BCUT2D eigenvalue weighted by Crippen LogP contribution is -2.17. The summed E-state index contributed by atoms with van der Waals surface area (Å²) in [4.78, 5) is 23.1. The number of rotatable bonds is 2. The molecule has 0 aliphatic heterocycles. The van der Waals surface area contributed by atoms with Crippen LogP contribution in [0.2, 0.25) is 0 Å². The van der Waals surface area contributed by atoms with Crippen LogP contribution >= 0.6 is 0 Å². The van der Waals surface area contributed by atoms with Crippen molar-refractivity contribution in [3.05, 3.63) is 93.9 Å². The molecule has 0 spiro atoms. The third-order valence-corrected chi connectivity index (χ3v) is 3.16. The van der Waals surface area contributed by atoms with E-state index in [4.69, 9.17) is 0 Å². The summed E-state index contributed by atoms with van der Waals surface area (Å²) in [6.45, 7) is 0. The van der Waals surface area contributed by atoms with Gasteiger partial charge < -0.3 is 5.32 Å². The third kappa shape index (κ3) is 3.96. The minimum atomic E-state index is -0.403. The first-order valence-corrected chi connectivity index (χ1v) is 7.25. The number of benzene rings is 2. The monoisotopic (exact) mass is 315 g/mol. The van der Waals surface area contributed by atoms with Gasteiger partial charge in [-0.1, -0.05) is 36.1 Å². The van der Waals surface area contributed by atoms with E-state index in [0.29, 0.717) is 5.69 Å². The number of amides is 1. The van der Waals surface area contributed by atoms with Gasteiger partial charge in [-0.2, -0.15) is 5.10 Å². The molecule has 5 heteroatoms. The molecule has 2 N–H and O–H groups in total. The van der Waals surface area contributed by atoms with Crippen LogP contribution in [-0.2, 0) is 0 Å². The molecule has 1 heterocycles. The molecule has 0 bridgehead atoms. The number of aromatic nitrogens is 2. The van der Waals surface area contributed by atoms with Crippen LogP contribution in [0, 0.1) is 11.8 Å². The predicted molar refractivity (Wildman–Crippen MR) is 91.7 cm³/mol. The number of aromatic amines is 1. The van der Waals surface area contributed by atoms with Gasteiger partial charge in [0.25, 0.3) is 11.5 Å². The average Bonchev–Trinajstić information content (AvgIpc) is 2.62. The summed E-state index contributed by atoms with van der Waals surface area (Å²) in [5.74, 6) is 5.72. The van der Waals surface area contributed by atoms with Crippen LogP contribution < -0.4 is 10.9 Å². The Morgan fingerprint density at radius 1 is 0.917 bits per heavy atom. The molecule has 24 heavy (non-hydrogen) atoms. The van der Waals surface area contributed by atoms with Crippen LogP contribution in [0.1, 0.15) is 21.6 Å². The lowest BCUT2D eigenvalue weighted by atomic mass is 10.1. The minimum absolute atomic E-state index is 0.135. The van der Waals surface area contributed by atoms with Crippen molar-refractivity contribution >= 4 is 11.6 Å². The van der Waals surface area contributed by atoms with E-state index < -0.39 is 5.91 Å². The van der Waals surface area contributed by atoms with Gasteiger partial charge in [0.1, 0.15) is 5.69 Å². The van der Waals surface area contributed by atoms with Gasteiger partial charge in [-0.3, -0.25) is 9.59 Å². The van der Waals surface area contributed by atoms with E-state index in [2.05, 4.69) is 27.4 Å². The maximum absolute atomic E-state index is 12.1.